The lowest BCUT2D eigenvalue weighted by molar-refractivity contribution is 0.138. The van der Waals surface area contributed by atoms with Gasteiger partial charge in [0.05, 0.1) is 20.0 Å². The first-order valence-electron chi connectivity index (χ1n) is 30.1. The van der Waals surface area contributed by atoms with Gasteiger partial charge >= 0.3 is 0 Å². The molecule has 0 amide bonds. The molecule has 0 spiro atoms. The predicted octanol–water partition coefficient (Wildman–Crippen LogP) is 20.9. The zero-order valence-corrected chi connectivity index (χ0v) is 52.9. The van der Waals surface area contributed by atoms with Gasteiger partial charge in [0.15, 0.2) is 0 Å². The maximum absolute atomic E-state index is 2.61. The first-order valence-corrected chi connectivity index (χ1v) is 30.1. The Morgan fingerprint density at radius 3 is 0.718 bits per heavy atom. The summed E-state index contributed by atoms with van der Waals surface area (Å²) < 4.78 is 0. The largest absolute Gasteiger partial charge is 0.303 e. The van der Waals surface area contributed by atoms with Crippen molar-refractivity contribution in [3.8, 4) is 0 Å². The van der Waals surface area contributed by atoms with Crippen LogP contribution in [0.15, 0.2) is 0 Å². The van der Waals surface area contributed by atoms with Gasteiger partial charge in [0.1, 0.15) is 0 Å². The highest BCUT2D eigenvalue weighted by atomic mass is 15.3. The van der Waals surface area contributed by atoms with Crippen molar-refractivity contribution < 1.29 is 0 Å². The molecule has 7 nitrogen and oxygen atoms in total. The molecule has 0 saturated heterocycles. The molecule has 1 atom stereocenters. The van der Waals surface area contributed by atoms with E-state index in [-0.39, 0.29) is 37.1 Å². The second-order valence-electron chi connectivity index (χ2n) is 15.7. The summed E-state index contributed by atoms with van der Waals surface area (Å²) in [6, 6.07) is 0. The summed E-state index contributed by atoms with van der Waals surface area (Å²) in [6.07, 6.45) is 17.1. The fourth-order valence-corrected chi connectivity index (χ4v) is 6.02. The zero-order chi connectivity index (χ0) is 53.8. The van der Waals surface area contributed by atoms with E-state index >= 15 is 0 Å². The van der Waals surface area contributed by atoms with E-state index in [0.29, 0.717) is 0 Å². The van der Waals surface area contributed by atoms with Gasteiger partial charge in [-0.2, -0.15) is 0 Å². The summed E-state index contributed by atoms with van der Waals surface area (Å²) in [6.45, 7) is 78.5. The third kappa shape index (κ3) is 103. The molecule has 0 aliphatic heterocycles. The Morgan fingerprint density at radius 2 is 0.479 bits per heavy atom. The van der Waals surface area contributed by atoms with Crippen LogP contribution in [0.2, 0.25) is 0 Å². The lowest BCUT2D eigenvalue weighted by Gasteiger charge is -2.28. The first-order chi connectivity index (χ1) is 32.0. The molecule has 0 fully saturated rings. The van der Waals surface area contributed by atoms with Gasteiger partial charge in [0.25, 0.3) is 0 Å². The molecule has 0 radical (unpaired) electrons. The molecule has 0 aromatic heterocycles. The summed E-state index contributed by atoms with van der Waals surface area (Å²) in [5.41, 5.74) is 0. The summed E-state index contributed by atoms with van der Waals surface area (Å²) >= 11 is 0. The van der Waals surface area contributed by atoms with Gasteiger partial charge in [-0.3, -0.25) is 29.4 Å². The van der Waals surface area contributed by atoms with Crippen molar-refractivity contribution in [3.05, 3.63) is 0 Å². The monoisotopic (exact) mass is 1030 g/mol. The van der Waals surface area contributed by atoms with Crippen molar-refractivity contribution in [1.82, 2.24) is 34.3 Å². The Balaban J connectivity index is -0.0000000413. The molecule has 0 aliphatic rings. The highest BCUT2D eigenvalue weighted by Gasteiger charge is 2.09. The normalized spacial score (nSPS) is 9.68. The van der Waals surface area contributed by atoms with Crippen LogP contribution in [-0.2, 0) is 0 Å². The van der Waals surface area contributed by atoms with Crippen LogP contribution in [0.4, 0.5) is 0 Å². The third-order valence-corrected chi connectivity index (χ3v) is 10.7. The number of rotatable bonds is 34. The average Bonchev–Trinajstić information content (AvgIpc) is 3.39. The standard InChI is InChI=1S/2C13H30N2.C11H25N.C10H24N2.6C2H6.5CH4/c1-5-9-11-14(7-3)13-15(8-4)12-10-6-2;1-5-9-11-15(12-10-6-2)13-14(7-3)8-4;1-5-8-9-12(7-3)10-11(4)6-2;1-5-8-9-11(4)10-12(6-2)7-3;6*1-2;;;;;/h2*5-13H2,1-4H3;11H,5-10H2,1-4H3;5-10H2,1-4H3;6*1-2H3;5*1H4. The minimum atomic E-state index is 0. The zero-order valence-electron chi connectivity index (χ0n) is 52.9. The van der Waals surface area contributed by atoms with E-state index in [0.717, 1.165) is 39.0 Å². The molecule has 0 saturated carbocycles. The van der Waals surface area contributed by atoms with Crippen molar-refractivity contribution in [2.75, 3.05) is 119 Å². The van der Waals surface area contributed by atoms with E-state index < -0.39 is 0 Å². The molecule has 0 bridgehead atoms. The highest BCUT2D eigenvalue weighted by molar-refractivity contribution is 4.62. The van der Waals surface area contributed by atoms with Crippen LogP contribution in [0.5, 0.6) is 0 Å². The first kappa shape index (κ1) is 111. The lowest BCUT2D eigenvalue weighted by atomic mass is 10.1. The summed E-state index contributed by atoms with van der Waals surface area (Å²) in [5, 5.41) is 0. The molecule has 0 aromatic rings. The predicted molar refractivity (Wildman–Crippen MR) is 352 cm³/mol. The fourth-order valence-electron chi connectivity index (χ4n) is 6.02. The Hall–Kier alpha value is -0.280. The van der Waals surface area contributed by atoms with Crippen LogP contribution in [-0.4, -0.2) is 153 Å². The molecule has 0 aliphatic carbocycles. The van der Waals surface area contributed by atoms with E-state index in [1.54, 1.807) is 0 Å². The molecule has 71 heavy (non-hydrogen) atoms. The van der Waals surface area contributed by atoms with Gasteiger partial charge in [-0.15, -0.1) is 0 Å². The van der Waals surface area contributed by atoms with Crippen molar-refractivity contribution in [1.29, 1.82) is 0 Å². The smallest absolute Gasteiger partial charge is 0.0505 e. The van der Waals surface area contributed by atoms with Crippen LogP contribution in [0.25, 0.3) is 0 Å². The van der Waals surface area contributed by atoms with Crippen LogP contribution in [0, 0.1) is 5.92 Å². The second-order valence-corrected chi connectivity index (χ2v) is 15.7. The maximum atomic E-state index is 2.61. The van der Waals surface area contributed by atoms with Crippen LogP contribution in [0.3, 0.4) is 0 Å². The second kappa shape index (κ2) is 114. The molecule has 0 rings (SSSR count). The lowest BCUT2D eigenvalue weighted by Crippen LogP contribution is -2.38. The Morgan fingerprint density at radius 1 is 0.268 bits per heavy atom. The molecule has 0 heterocycles. The quantitative estimate of drug-likeness (QED) is 0.0592. The molecule has 1 unspecified atom stereocenters. The van der Waals surface area contributed by atoms with Gasteiger partial charge in [-0.05, 0) is 137 Å². The summed E-state index contributed by atoms with van der Waals surface area (Å²) in [7, 11) is 2.20. The van der Waals surface area contributed by atoms with E-state index in [2.05, 4.69) is 145 Å². The van der Waals surface area contributed by atoms with Crippen molar-refractivity contribution in [2.24, 2.45) is 5.92 Å². The van der Waals surface area contributed by atoms with E-state index in [4.69, 9.17) is 0 Å². The molecule has 0 aromatic carbocycles. The van der Waals surface area contributed by atoms with Crippen LogP contribution in [0.1, 0.15) is 308 Å². The molecular formula is C64H165N7. The van der Waals surface area contributed by atoms with Crippen LogP contribution >= 0.6 is 0 Å². The Labute approximate surface area is 464 Å². The van der Waals surface area contributed by atoms with Crippen molar-refractivity contribution in [3.63, 3.8) is 0 Å². The van der Waals surface area contributed by atoms with E-state index in [9.17, 15) is 0 Å². The molecule has 456 valence electrons. The maximum Gasteiger partial charge on any atom is 0.0505 e. The number of nitrogens with zero attached hydrogens (tertiary/aromatic N) is 7. The van der Waals surface area contributed by atoms with Gasteiger partial charge < -0.3 is 4.90 Å². The molecule has 7 heteroatoms. The number of unbranched alkanes of at least 4 members (excludes halogenated alkanes) is 6. The third-order valence-electron chi connectivity index (χ3n) is 10.7. The van der Waals surface area contributed by atoms with Crippen LogP contribution < -0.4 is 0 Å². The van der Waals surface area contributed by atoms with Gasteiger partial charge in [0, 0.05) is 6.54 Å². The van der Waals surface area contributed by atoms with Gasteiger partial charge in [-0.25, -0.2) is 0 Å². The number of hydrogen-bond acceptors (Lipinski definition) is 7. The minimum Gasteiger partial charge on any atom is -0.303 e. The molecule has 0 N–H and O–H groups in total. The van der Waals surface area contributed by atoms with Gasteiger partial charge in [-0.1, -0.05) is 269 Å². The SMILES string of the molecule is C.C.C.C.C.CC.CC.CC.CC.CC.CC.CCCCN(C)CN(CC)CC.CCCCN(CC)CC(C)CC.CCCCN(CC)CN(CC)CCCC.CCCCN(CCCC)CN(CC)CC. The Kier molecular flexibility index (Phi) is 178. The van der Waals surface area contributed by atoms with Gasteiger partial charge in [0.2, 0.25) is 0 Å². The average molecular weight is 1030 g/mol. The van der Waals surface area contributed by atoms with Crippen molar-refractivity contribution >= 4 is 0 Å². The fraction of sp³-hybridized carbons (Fsp3) is 1.00. The minimum absolute atomic E-state index is 0. The summed E-state index contributed by atoms with van der Waals surface area (Å²) in [4.78, 5) is 17.6. The molecular weight excluding hydrogens is 867 g/mol. The van der Waals surface area contributed by atoms with E-state index in [1.807, 2.05) is 83.1 Å². The Bertz CT molecular complexity index is 625. The summed E-state index contributed by atoms with van der Waals surface area (Å²) in [5.74, 6) is 0.863. The number of hydrogen-bond donors (Lipinski definition) is 0. The topological polar surface area (TPSA) is 22.7 Å². The highest BCUT2D eigenvalue weighted by Crippen LogP contribution is 2.06. The van der Waals surface area contributed by atoms with Crippen molar-refractivity contribution in [2.45, 2.75) is 308 Å². The van der Waals surface area contributed by atoms with E-state index in [1.165, 1.54) is 162 Å².